The summed E-state index contributed by atoms with van der Waals surface area (Å²) in [5.74, 6) is 0.0151. The number of benzene rings is 2. The van der Waals surface area contributed by atoms with Gasteiger partial charge in [-0.15, -0.1) is 0 Å². The normalized spacial score (nSPS) is 11.9. The Kier molecular flexibility index (Phi) is 6.59. The Morgan fingerprint density at radius 3 is 2.86 bits per heavy atom. The Morgan fingerprint density at radius 2 is 2.11 bits per heavy atom. The van der Waals surface area contributed by atoms with E-state index in [1.807, 2.05) is 38.1 Å². The molecular formula is C21H23FN2O3S. The minimum atomic E-state index is -0.334. The predicted molar refractivity (Wildman–Crippen MR) is 108 cm³/mol. The summed E-state index contributed by atoms with van der Waals surface area (Å²) in [4.78, 5) is 17.4. The molecule has 0 atom stereocenters. The van der Waals surface area contributed by atoms with Crippen LogP contribution in [-0.4, -0.2) is 30.8 Å². The van der Waals surface area contributed by atoms with Crippen molar-refractivity contribution >= 4 is 27.5 Å². The zero-order valence-electron chi connectivity index (χ0n) is 16.2. The SMILES string of the molecule is CCOCCn1c(=NC(=O)Cc2cc(C)ccc2OC)sc2cccc(F)c21. The van der Waals surface area contributed by atoms with Crippen LogP contribution in [0.2, 0.25) is 0 Å². The number of carbonyl (C=O) groups excluding carboxylic acids is 1. The second-order valence-corrected chi connectivity index (χ2v) is 7.33. The lowest BCUT2D eigenvalue weighted by Gasteiger charge is -2.08. The maximum Gasteiger partial charge on any atom is 0.252 e. The van der Waals surface area contributed by atoms with Crippen molar-refractivity contribution in [1.82, 2.24) is 4.57 Å². The van der Waals surface area contributed by atoms with Gasteiger partial charge < -0.3 is 14.0 Å². The summed E-state index contributed by atoms with van der Waals surface area (Å²) in [5.41, 5.74) is 2.27. The number of ether oxygens (including phenoxy) is 2. The number of thiazole rings is 1. The number of hydrogen-bond acceptors (Lipinski definition) is 4. The van der Waals surface area contributed by atoms with Crippen molar-refractivity contribution in [3.8, 4) is 5.75 Å². The number of methoxy groups -OCH3 is 1. The molecule has 0 aliphatic heterocycles. The van der Waals surface area contributed by atoms with E-state index in [2.05, 4.69) is 4.99 Å². The smallest absolute Gasteiger partial charge is 0.252 e. The van der Waals surface area contributed by atoms with Gasteiger partial charge in [0.2, 0.25) is 0 Å². The fourth-order valence-electron chi connectivity index (χ4n) is 3.03. The standard InChI is InChI=1S/C21H23FN2O3S/c1-4-27-11-10-24-20-16(22)6-5-7-18(20)28-21(24)23-19(25)13-15-12-14(2)8-9-17(15)26-3/h5-9,12H,4,10-11,13H2,1-3H3. The fourth-order valence-corrected chi connectivity index (χ4v) is 4.12. The Balaban J connectivity index is 1.98. The molecule has 0 saturated carbocycles. The first-order chi connectivity index (χ1) is 13.5. The quantitative estimate of drug-likeness (QED) is 0.564. The maximum absolute atomic E-state index is 14.4. The third-order valence-electron chi connectivity index (χ3n) is 4.31. The topological polar surface area (TPSA) is 52.8 Å². The van der Waals surface area contributed by atoms with E-state index in [4.69, 9.17) is 9.47 Å². The highest BCUT2D eigenvalue weighted by Crippen LogP contribution is 2.22. The van der Waals surface area contributed by atoms with Crippen molar-refractivity contribution in [2.24, 2.45) is 4.99 Å². The van der Waals surface area contributed by atoms with Crippen LogP contribution in [0.1, 0.15) is 18.1 Å². The first kappa shape index (κ1) is 20.2. The second kappa shape index (κ2) is 9.12. The molecule has 0 saturated heterocycles. The van der Waals surface area contributed by atoms with E-state index >= 15 is 0 Å². The highest BCUT2D eigenvalue weighted by molar-refractivity contribution is 7.16. The number of fused-ring (bicyclic) bond motifs is 1. The van der Waals surface area contributed by atoms with Crippen LogP contribution in [0, 0.1) is 12.7 Å². The highest BCUT2D eigenvalue weighted by atomic mass is 32.1. The van der Waals surface area contributed by atoms with Gasteiger partial charge in [-0.2, -0.15) is 4.99 Å². The Hall–Kier alpha value is -2.51. The lowest BCUT2D eigenvalue weighted by atomic mass is 10.1. The number of hydrogen-bond donors (Lipinski definition) is 0. The summed E-state index contributed by atoms with van der Waals surface area (Å²) in [6.45, 7) is 5.28. The molecule has 0 radical (unpaired) electrons. The summed E-state index contributed by atoms with van der Waals surface area (Å²) < 4.78 is 27.6. The lowest BCUT2D eigenvalue weighted by Crippen LogP contribution is -2.20. The molecule has 0 N–H and O–H groups in total. The number of rotatable bonds is 7. The van der Waals surface area contributed by atoms with Gasteiger partial charge in [-0.25, -0.2) is 4.39 Å². The molecule has 0 spiro atoms. The molecular weight excluding hydrogens is 379 g/mol. The Bertz CT molecular complexity index is 1060. The minimum absolute atomic E-state index is 0.118. The van der Waals surface area contributed by atoms with Crippen molar-refractivity contribution in [3.05, 3.63) is 58.1 Å². The van der Waals surface area contributed by atoms with E-state index in [-0.39, 0.29) is 18.1 Å². The van der Waals surface area contributed by atoms with E-state index in [1.54, 1.807) is 17.7 Å². The number of halogens is 1. The number of para-hydroxylation sites is 1. The van der Waals surface area contributed by atoms with Gasteiger partial charge in [0.25, 0.3) is 5.91 Å². The van der Waals surface area contributed by atoms with Crippen LogP contribution >= 0.6 is 11.3 Å². The van der Waals surface area contributed by atoms with Crippen molar-refractivity contribution in [3.63, 3.8) is 0 Å². The summed E-state index contributed by atoms with van der Waals surface area (Å²) in [6.07, 6.45) is 0.118. The molecule has 0 unspecified atom stereocenters. The van der Waals surface area contributed by atoms with E-state index in [9.17, 15) is 9.18 Å². The van der Waals surface area contributed by atoms with Gasteiger partial charge in [0.15, 0.2) is 4.80 Å². The first-order valence-electron chi connectivity index (χ1n) is 9.10. The van der Waals surface area contributed by atoms with Gasteiger partial charge in [0.1, 0.15) is 11.6 Å². The van der Waals surface area contributed by atoms with Crippen molar-refractivity contribution in [1.29, 1.82) is 0 Å². The molecule has 3 aromatic rings. The largest absolute Gasteiger partial charge is 0.496 e. The zero-order chi connectivity index (χ0) is 20.1. The molecule has 1 heterocycles. The van der Waals surface area contributed by atoms with Gasteiger partial charge in [0, 0.05) is 18.7 Å². The maximum atomic E-state index is 14.4. The van der Waals surface area contributed by atoms with Gasteiger partial charge in [0.05, 0.1) is 30.4 Å². The van der Waals surface area contributed by atoms with Crippen molar-refractivity contribution < 1.29 is 18.7 Å². The summed E-state index contributed by atoms with van der Waals surface area (Å²) in [7, 11) is 1.58. The summed E-state index contributed by atoms with van der Waals surface area (Å²) in [5, 5.41) is 0. The van der Waals surface area contributed by atoms with Crippen molar-refractivity contribution in [2.75, 3.05) is 20.3 Å². The van der Waals surface area contributed by atoms with Gasteiger partial charge in [-0.1, -0.05) is 35.1 Å². The van der Waals surface area contributed by atoms with Gasteiger partial charge >= 0.3 is 0 Å². The predicted octanol–water partition coefficient (Wildman–Crippen LogP) is 3.87. The van der Waals surface area contributed by atoms with E-state index < -0.39 is 0 Å². The molecule has 3 rings (SSSR count). The average molecular weight is 402 g/mol. The van der Waals surface area contributed by atoms with Gasteiger partial charge in [-0.05, 0) is 32.0 Å². The second-order valence-electron chi connectivity index (χ2n) is 6.32. The molecule has 0 bridgehead atoms. The van der Waals surface area contributed by atoms with E-state index in [0.29, 0.717) is 35.8 Å². The van der Waals surface area contributed by atoms with Crippen LogP contribution in [0.15, 0.2) is 41.4 Å². The molecule has 0 fully saturated rings. The first-order valence-corrected chi connectivity index (χ1v) is 9.91. The van der Waals surface area contributed by atoms with Crippen molar-refractivity contribution in [2.45, 2.75) is 26.8 Å². The molecule has 7 heteroatoms. The van der Waals surface area contributed by atoms with Crippen LogP contribution in [-0.2, 0) is 22.5 Å². The van der Waals surface area contributed by atoms with Crippen LogP contribution < -0.4 is 9.54 Å². The number of amides is 1. The third kappa shape index (κ3) is 4.48. The third-order valence-corrected chi connectivity index (χ3v) is 5.36. The van der Waals surface area contributed by atoms with Crippen LogP contribution in [0.25, 0.3) is 10.2 Å². The summed E-state index contributed by atoms with van der Waals surface area (Å²) in [6, 6.07) is 10.6. The molecule has 0 aliphatic carbocycles. The molecule has 0 aliphatic rings. The number of aryl methyl sites for hydroxylation is 1. The number of aromatic nitrogens is 1. The number of carbonyl (C=O) groups is 1. The molecule has 1 amide bonds. The Morgan fingerprint density at radius 1 is 1.29 bits per heavy atom. The van der Waals surface area contributed by atoms with Crippen LogP contribution in [0.4, 0.5) is 4.39 Å². The van der Waals surface area contributed by atoms with E-state index in [0.717, 1.165) is 15.8 Å². The minimum Gasteiger partial charge on any atom is -0.496 e. The van der Waals surface area contributed by atoms with Gasteiger partial charge in [-0.3, -0.25) is 4.79 Å². The molecule has 148 valence electrons. The zero-order valence-corrected chi connectivity index (χ0v) is 17.0. The lowest BCUT2D eigenvalue weighted by molar-refractivity contribution is -0.117. The molecule has 2 aromatic carbocycles. The number of nitrogens with zero attached hydrogens (tertiary/aromatic N) is 2. The molecule has 28 heavy (non-hydrogen) atoms. The fraction of sp³-hybridized carbons (Fsp3) is 0.333. The average Bonchev–Trinajstić information content (AvgIpc) is 3.00. The summed E-state index contributed by atoms with van der Waals surface area (Å²) >= 11 is 1.30. The van der Waals surface area contributed by atoms with E-state index in [1.165, 1.54) is 17.4 Å². The Labute approximate surface area is 167 Å². The van der Waals surface area contributed by atoms with Crippen LogP contribution in [0.3, 0.4) is 0 Å². The monoisotopic (exact) mass is 402 g/mol. The molecule has 5 nitrogen and oxygen atoms in total. The molecule has 1 aromatic heterocycles. The van der Waals surface area contributed by atoms with Crippen LogP contribution in [0.5, 0.6) is 5.75 Å². The highest BCUT2D eigenvalue weighted by Gasteiger charge is 2.13.